The van der Waals surface area contributed by atoms with Gasteiger partial charge in [-0.1, -0.05) is 0 Å². The van der Waals surface area contributed by atoms with Crippen molar-refractivity contribution in [1.29, 1.82) is 0 Å². The fraction of sp³-hybridized carbons (Fsp3) is 0.435. The zero-order valence-electron chi connectivity index (χ0n) is 13.7. The van der Waals surface area contributed by atoms with Crippen LogP contribution in [0, 0.1) is 0 Å². The van der Waals surface area contributed by atoms with Crippen LogP contribution < -0.4 is 0 Å². The van der Waals surface area contributed by atoms with Crippen molar-refractivity contribution < 1.29 is 11.3 Å². The number of carbonyl (C=O) groups is 1. The molecule has 12 rings (SSSR count). The summed E-state index contributed by atoms with van der Waals surface area (Å²) in [5, 5.41) is 0. The molecule has 1 nitrogen and oxygen atoms in total. The van der Waals surface area contributed by atoms with Crippen LogP contribution in [0.25, 0.3) is 11.1 Å². The Morgan fingerprint density at radius 2 is 1.20 bits per heavy atom. The molecule has 10 heterocycles. The Morgan fingerprint density at radius 1 is 0.680 bits per heavy atom. The normalized spacial score (nSPS) is 84.4. The Hall–Kier alpha value is -1.37. The molecule has 0 radical (unpaired) electrons. The summed E-state index contributed by atoms with van der Waals surface area (Å²) < 4.78 is 0.368. The second kappa shape index (κ2) is 1.11. The van der Waals surface area contributed by atoms with Crippen molar-refractivity contribution in [2.24, 2.45) is 0 Å². The molecule has 2 aromatic carbocycles. The van der Waals surface area contributed by atoms with Crippen LogP contribution in [0.2, 0.25) is 47.7 Å². The van der Waals surface area contributed by atoms with E-state index in [1.54, 1.807) is 0 Å². The predicted octanol–water partition coefficient (Wildman–Crippen LogP) is 6.30. The van der Waals surface area contributed by atoms with Gasteiger partial charge in [-0.05, 0) is 0 Å². The van der Waals surface area contributed by atoms with Crippen LogP contribution in [0.4, 0.5) is 0 Å². The van der Waals surface area contributed by atoms with Gasteiger partial charge in [0.25, 0.3) is 0 Å². The van der Waals surface area contributed by atoms with E-state index in [0.29, 0.717) is 10.1 Å². The Kier molecular flexibility index (Phi) is 0.448. The number of benzene rings is 2. The molecule has 4 atom stereocenters. The number of hydrogen-bond acceptors (Lipinski definition) is 1. The van der Waals surface area contributed by atoms with E-state index in [4.69, 9.17) is 0 Å². The summed E-state index contributed by atoms with van der Waals surface area (Å²) in [6, 6.07) is 19.2. The molecule has 0 saturated carbocycles. The molecular formula is C23H18FeO. The van der Waals surface area contributed by atoms with Gasteiger partial charge in [0.05, 0.1) is 0 Å². The van der Waals surface area contributed by atoms with E-state index in [1.165, 1.54) is 44.8 Å². The number of rotatable bonds is 3. The van der Waals surface area contributed by atoms with Crippen molar-refractivity contribution in [2.45, 2.75) is 47.7 Å². The van der Waals surface area contributed by atoms with Gasteiger partial charge >= 0.3 is 136 Å². The van der Waals surface area contributed by atoms with Gasteiger partial charge in [-0.25, -0.2) is 0 Å². The van der Waals surface area contributed by atoms with Crippen molar-refractivity contribution in [2.75, 3.05) is 0 Å². The van der Waals surface area contributed by atoms with Crippen LogP contribution in [0.5, 0.6) is 0 Å². The standard InChI is InChI=1S/C18H13O.C5H5.Fe/c19-18(16-8-4-5-9-16)17-12-10-15(11-13-17)14-6-2-1-3-7-14;1-2-4-5-3-1;/h1-13H;1-5H;. The first-order chi connectivity index (χ1) is 12.0. The minimum absolute atomic E-state index is 0.368. The summed E-state index contributed by atoms with van der Waals surface area (Å²) in [6.45, 7) is -3.29. The van der Waals surface area contributed by atoms with E-state index in [0.717, 1.165) is 15.2 Å². The minimum atomic E-state index is -3.29. The van der Waals surface area contributed by atoms with Crippen molar-refractivity contribution in [1.82, 2.24) is 0 Å². The molecule has 10 aliphatic rings. The predicted molar refractivity (Wildman–Crippen MR) is 92.7 cm³/mol. The van der Waals surface area contributed by atoms with Gasteiger partial charge in [0, 0.05) is 0 Å². The third-order valence-electron chi connectivity index (χ3n) is 17.3. The summed E-state index contributed by atoms with van der Waals surface area (Å²) in [5.41, 5.74) is 3.55. The number of hydrogen-bond donors (Lipinski definition) is 0. The summed E-state index contributed by atoms with van der Waals surface area (Å²) in [6.07, 6.45) is 0. The summed E-state index contributed by atoms with van der Waals surface area (Å²) in [7, 11) is 0. The Balaban J connectivity index is 1.11. The SMILES string of the molecule is O=C(c1ccc(-c2ccccc2)cc1)[C]12[CH]3[CH]4[CH]5[CH]1[Fe]45321678[CH]2[CH]1[CH]6[CH]7[CH]28. The van der Waals surface area contributed by atoms with Crippen LogP contribution in [-0.4, -0.2) is 5.78 Å². The third kappa shape index (κ3) is 0.162. The molecular weight excluding hydrogens is 348 g/mol. The van der Waals surface area contributed by atoms with E-state index in [-0.39, 0.29) is 0 Å². The Labute approximate surface area is 136 Å². The fourth-order valence-electron chi connectivity index (χ4n) is 18.5. The van der Waals surface area contributed by atoms with Crippen LogP contribution in [0.3, 0.4) is 0 Å². The number of ketones is 1. The summed E-state index contributed by atoms with van der Waals surface area (Å²) in [5.74, 6) is 0.665. The molecule has 10 aliphatic heterocycles. The molecule has 25 heavy (non-hydrogen) atoms. The molecule has 0 aliphatic carbocycles. The molecule has 0 amide bonds. The first kappa shape index (κ1) is 10.1. The van der Waals surface area contributed by atoms with E-state index >= 15 is 0 Å². The van der Waals surface area contributed by atoms with Crippen LogP contribution >= 0.6 is 0 Å². The van der Waals surface area contributed by atoms with E-state index in [2.05, 4.69) is 54.6 Å². The monoisotopic (exact) mass is 366 g/mol. The van der Waals surface area contributed by atoms with Gasteiger partial charge < -0.3 is 0 Å². The van der Waals surface area contributed by atoms with Gasteiger partial charge in [-0.2, -0.15) is 0 Å². The quantitative estimate of drug-likeness (QED) is 0.460. The summed E-state index contributed by atoms with van der Waals surface area (Å²) in [4.78, 5) is 24.7. The van der Waals surface area contributed by atoms with Crippen molar-refractivity contribution in [3.63, 3.8) is 0 Å². The molecule has 1 spiro atoms. The van der Waals surface area contributed by atoms with E-state index < -0.39 is 6.51 Å². The molecule has 4 unspecified atom stereocenters. The van der Waals surface area contributed by atoms with Crippen molar-refractivity contribution in [3.8, 4) is 11.1 Å². The first-order valence-corrected chi connectivity index (χ1v) is 16.2. The first-order valence-electron chi connectivity index (χ1n) is 9.94. The molecule has 0 aromatic heterocycles. The molecule has 2 aromatic rings. The zero-order valence-corrected chi connectivity index (χ0v) is 14.8. The van der Waals surface area contributed by atoms with Gasteiger partial charge in [-0.15, -0.1) is 0 Å². The number of Topliss-reactive ketones (excluding diaryl/α,β-unsaturated/α-hetero) is 1. The maximum absolute atomic E-state index is 13.9. The molecule has 0 N–H and O–H groups in total. The van der Waals surface area contributed by atoms with Crippen molar-refractivity contribution >= 4 is 5.78 Å². The van der Waals surface area contributed by atoms with Gasteiger partial charge in [0.15, 0.2) is 0 Å². The fourth-order valence-corrected chi connectivity index (χ4v) is 92.3. The van der Waals surface area contributed by atoms with Crippen molar-refractivity contribution in [3.05, 3.63) is 60.2 Å². The van der Waals surface area contributed by atoms with Crippen LogP contribution in [0.1, 0.15) is 10.4 Å². The molecule has 124 valence electrons. The second-order valence-electron chi connectivity index (χ2n) is 13.0. The van der Waals surface area contributed by atoms with Gasteiger partial charge in [-0.3, -0.25) is 0 Å². The zero-order chi connectivity index (χ0) is 15.7. The van der Waals surface area contributed by atoms with E-state index in [1.807, 2.05) is 0 Å². The van der Waals surface area contributed by atoms with Crippen LogP contribution in [0.15, 0.2) is 54.6 Å². The average molecular weight is 366 g/mol. The van der Waals surface area contributed by atoms with Crippen LogP contribution in [-0.2, 0) is 6.51 Å². The maximum atomic E-state index is 13.9. The van der Waals surface area contributed by atoms with Gasteiger partial charge in [0.1, 0.15) is 0 Å². The third-order valence-corrected chi connectivity index (χ3v) is 59.6. The number of fused-ring (bicyclic) bond motifs is 10. The number of carbonyl (C=O) groups excluding carboxylic acids is 1. The Bertz CT molecular complexity index is 1440. The molecule has 10 fully saturated rings. The topological polar surface area (TPSA) is 17.1 Å². The molecule has 0 bridgehead atoms. The van der Waals surface area contributed by atoms with E-state index in [9.17, 15) is 4.79 Å². The summed E-state index contributed by atoms with van der Waals surface area (Å²) >= 11 is 0. The average Bonchev–Trinajstić information content (AvgIpc) is 3.61. The second-order valence-corrected chi connectivity index (χ2v) is 36.5. The molecule has 10 saturated heterocycles. The molecule has 2 heteroatoms. The Morgan fingerprint density at radius 3 is 1.64 bits per heavy atom. The van der Waals surface area contributed by atoms with Gasteiger partial charge in [0.2, 0.25) is 0 Å².